The maximum atomic E-state index is 13.1. The highest BCUT2D eigenvalue weighted by atomic mass is 19.1. The number of benzene rings is 1. The summed E-state index contributed by atoms with van der Waals surface area (Å²) in [5.41, 5.74) is 1.68. The van der Waals surface area contributed by atoms with Crippen molar-refractivity contribution in [2.24, 2.45) is 7.05 Å². The van der Waals surface area contributed by atoms with Crippen LogP contribution in [0, 0.1) is 5.82 Å². The van der Waals surface area contributed by atoms with E-state index in [0.29, 0.717) is 38.8 Å². The number of hydrogen-bond acceptors (Lipinski definition) is 4. The molecule has 3 aromatic rings. The van der Waals surface area contributed by atoms with Crippen LogP contribution in [0.15, 0.2) is 41.3 Å². The summed E-state index contributed by atoms with van der Waals surface area (Å²) in [6.07, 6.45) is 4.83. The van der Waals surface area contributed by atoms with Crippen molar-refractivity contribution in [3.63, 3.8) is 0 Å². The van der Waals surface area contributed by atoms with Gasteiger partial charge in [0.2, 0.25) is 5.91 Å². The molecule has 1 aliphatic rings. The van der Waals surface area contributed by atoms with E-state index in [9.17, 15) is 14.0 Å². The monoisotopic (exact) mass is 412 g/mol. The van der Waals surface area contributed by atoms with E-state index in [1.54, 1.807) is 27.6 Å². The van der Waals surface area contributed by atoms with Crippen molar-refractivity contribution in [1.29, 1.82) is 0 Å². The average molecular weight is 412 g/mol. The van der Waals surface area contributed by atoms with Gasteiger partial charge in [0.1, 0.15) is 11.6 Å². The normalized spacial score (nSPS) is 16.1. The quantitative estimate of drug-likeness (QED) is 0.663. The highest BCUT2D eigenvalue weighted by Gasteiger charge is 2.22. The van der Waals surface area contributed by atoms with Crippen LogP contribution >= 0.6 is 0 Å². The Kier molecular flexibility index (Phi) is 5.78. The third-order valence-corrected chi connectivity index (χ3v) is 5.56. The SMILES string of the molecule is Cn1nccc1CCC(=O)NC1CCc2nn(Cc3ccc(F)cc3)c(=O)n2CC1. The lowest BCUT2D eigenvalue weighted by Crippen LogP contribution is -2.36. The van der Waals surface area contributed by atoms with Crippen LogP contribution in [0.2, 0.25) is 0 Å². The lowest BCUT2D eigenvalue weighted by Gasteiger charge is -2.16. The summed E-state index contributed by atoms with van der Waals surface area (Å²) < 4.78 is 18.0. The molecule has 0 saturated heterocycles. The second-order valence-electron chi connectivity index (χ2n) is 7.67. The van der Waals surface area contributed by atoms with E-state index in [-0.39, 0.29) is 23.5 Å². The van der Waals surface area contributed by atoms with Crippen molar-refractivity contribution >= 4 is 5.91 Å². The molecule has 8 nitrogen and oxygen atoms in total. The van der Waals surface area contributed by atoms with Crippen molar-refractivity contribution < 1.29 is 9.18 Å². The maximum Gasteiger partial charge on any atom is 0.346 e. The molecule has 0 aliphatic carbocycles. The molecule has 1 unspecified atom stereocenters. The number of carbonyl (C=O) groups excluding carboxylic acids is 1. The average Bonchev–Trinajstić information content (AvgIpc) is 3.20. The van der Waals surface area contributed by atoms with Gasteiger partial charge in [-0.25, -0.2) is 13.9 Å². The molecular weight excluding hydrogens is 387 g/mol. The number of fused-ring (bicyclic) bond motifs is 1. The van der Waals surface area contributed by atoms with Gasteiger partial charge in [0.25, 0.3) is 0 Å². The van der Waals surface area contributed by atoms with Gasteiger partial charge in [-0.15, -0.1) is 0 Å². The molecule has 1 aliphatic heterocycles. The summed E-state index contributed by atoms with van der Waals surface area (Å²) in [4.78, 5) is 25.1. The van der Waals surface area contributed by atoms with Crippen LogP contribution < -0.4 is 11.0 Å². The largest absolute Gasteiger partial charge is 0.353 e. The molecule has 1 amide bonds. The molecule has 0 fully saturated rings. The molecule has 0 bridgehead atoms. The Morgan fingerprint density at radius 1 is 1.23 bits per heavy atom. The van der Waals surface area contributed by atoms with Gasteiger partial charge in [-0.3, -0.25) is 14.0 Å². The number of halogens is 1. The number of hydrogen-bond donors (Lipinski definition) is 1. The predicted octanol–water partition coefficient (Wildman–Crippen LogP) is 1.42. The smallest absolute Gasteiger partial charge is 0.346 e. The van der Waals surface area contributed by atoms with Gasteiger partial charge < -0.3 is 5.32 Å². The summed E-state index contributed by atoms with van der Waals surface area (Å²) in [7, 11) is 1.86. The summed E-state index contributed by atoms with van der Waals surface area (Å²) in [5.74, 6) is 0.434. The Hall–Kier alpha value is -3.23. The van der Waals surface area contributed by atoms with Gasteiger partial charge in [-0.2, -0.15) is 10.2 Å². The van der Waals surface area contributed by atoms with Crippen molar-refractivity contribution in [1.82, 2.24) is 29.4 Å². The van der Waals surface area contributed by atoms with Gasteiger partial charge in [-0.05, 0) is 43.0 Å². The van der Waals surface area contributed by atoms with E-state index in [2.05, 4.69) is 15.5 Å². The zero-order chi connectivity index (χ0) is 21.1. The first kappa shape index (κ1) is 20.1. The summed E-state index contributed by atoms with van der Waals surface area (Å²) in [6, 6.07) is 8.00. The van der Waals surface area contributed by atoms with Crippen LogP contribution in [0.5, 0.6) is 0 Å². The fraction of sp³-hybridized carbons (Fsp3) is 0.429. The lowest BCUT2D eigenvalue weighted by atomic mass is 10.1. The maximum absolute atomic E-state index is 13.1. The number of aromatic nitrogens is 5. The van der Waals surface area contributed by atoms with Crippen LogP contribution in [-0.2, 0) is 37.8 Å². The summed E-state index contributed by atoms with van der Waals surface area (Å²) >= 11 is 0. The van der Waals surface area contributed by atoms with Crippen LogP contribution in [0.4, 0.5) is 4.39 Å². The van der Waals surface area contributed by atoms with Gasteiger partial charge >= 0.3 is 5.69 Å². The molecule has 158 valence electrons. The van der Waals surface area contributed by atoms with E-state index in [1.165, 1.54) is 16.8 Å². The molecule has 4 rings (SSSR count). The minimum absolute atomic E-state index is 0.00876. The Labute approximate surface area is 173 Å². The molecule has 0 radical (unpaired) electrons. The number of nitrogens with one attached hydrogen (secondary N) is 1. The van der Waals surface area contributed by atoms with Gasteiger partial charge in [0.15, 0.2) is 0 Å². The third kappa shape index (κ3) is 4.50. The van der Waals surface area contributed by atoms with E-state index in [0.717, 1.165) is 23.5 Å². The van der Waals surface area contributed by atoms with Gasteiger partial charge in [-0.1, -0.05) is 12.1 Å². The Morgan fingerprint density at radius 2 is 2.03 bits per heavy atom. The number of rotatable bonds is 6. The van der Waals surface area contributed by atoms with Crippen LogP contribution in [0.3, 0.4) is 0 Å². The van der Waals surface area contributed by atoms with Gasteiger partial charge in [0, 0.05) is 44.4 Å². The summed E-state index contributed by atoms with van der Waals surface area (Å²) in [5, 5.41) is 11.7. The van der Waals surface area contributed by atoms with Gasteiger partial charge in [0.05, 0.1) is 6.54 Å². The van der Waals surface area contributed by atoms with Crippen LogP contribution in [-0.4, -0.2) is 36.1 Å². The highest BCUT2D eigenvalue weighted by molar-refractivity contribution is 5.76. The number of carbonyl (C=O) groups is 1. The topological polar surface area (TPSA) is 86.7 Å². The molecule has 30 heavy (non-hydrogen) atoms. The van der Waals surface area contributed by atoms with E-state index in [1.807, 2.05) is 13.1 Å². The van der Waals surface area contributed by atoms with E-state index in [4.69, 9.17) is 0 Å². The highest BCUT2D eigenvalue weighted by Crippen LogP contribution is 2.13. The molecule has 1 N–H and O–H groups in total. The van der Waals surface area contributed by atoms with Crippen molar-refractivity contribution in [3.05, 3.63) is 69.9 Å². The van der Waals surface area contributed by atoms with Crippen molar-refractivity contribution in [2.45, 2.75) is 51.2 Å². The second kappa shape index (κ2) is 8.64. The molecule has 9 heteroatoms. The molecule has 1 aromatic carbocycles. The fourth-order valence-electron chi connectivity index (χ4n) is 3.83. The molecule has 0 saturated carbocycles. The van der Waals surface area contributed by atoms with Crippen molar-refractivity contribution in [3.8, 4) is 0 Å². The first-order chi connectivity index (χ1) is 14.5. The number of nitrogens with zero attached hydrogens (tertiary/aromatic N) is 5. The first-order valence-corrected chi connectivity index (χ1v) is 10.2. The van der Waals surface area contributed by atoms with Crippen molar-refractivity contribution in [2.75, 3.05) is 0 Å². The lowest BCUT2D eigenvalue weighted by molar-refractivity contribution is -0.121. The molecule has 1 atom stereocenters. The summed E-state index contributed by atoms with van der Waals surface area (Å²) in [6.45, 7) is 0.831. The number of aryl methyl sites for hydroxylation is 3. The number of amides is 1. The molecule has 0 spiro atoms. The molecule has 2 aromatic heterocycles. The second-order valence-corrected chi connectivity index (χ2v) is 7.67. The third-order valence-electron chi connectivity index (χ3n) is 5.56. The standard InChI is InChI=1S/C21H25FN6O2/c1-26-18(10-12-23-26)7-9-20(29)24-17-6-8-19-25-28(21(30)27(19)13-11-17)14-15-2-4-16(22)5-3-15/h2-5,10,12,17H,6-9,11,13-14H2,1H3,(H,24,29). The minimum atomic E-state index is -0.305. The van der Waals surface area contributed by atoms with E-state index >= 15 is 0 Å². The zero-order valence-corrected chi connectivity index (χ0v) is 16.9. The molecular formula is C21H25FN6O2. The first-order valence-electron chi connectivity index (χ1n) is 10.2. The Balaban J connectivity index is 1.33. The Morgan fingerprint density at radius 3 is 2.77 bits per heavy atom. The zero-order valence-electron chi connectivity index (χ0n) is 16.9. The van der Waals surface area contributed by atoms with Crippen LogP contribution in [0.1, 0.15) is 36.3 Å². The molecule has 3 heterocycles. The predicted molar refractivity (Wildman–Crippen MR) is 108 cm³/mol. The van der Waals surface area contributed by atoms with Crippen LogP contribution in [0.25, 0.3) is 0 Å². The minimum Gasteiger partial charge on any atom is -0.353 e. The van der Waals surface area contributed by atoms with E-state index < -0.39 is 0 Å². The fourth-order valence-corrected chi connectivity index (χ4v) is 3.83. The Bertz CT molecular complexity index is 1080.